The van der Waals surface area contributed by atoms with Crippen molar-refractivity contribution in [1.29, 1.82) is 0 Å². The lowest BCUT2D eigenvalue weighted by Gasteiger charge is -2.35. The van der Waals surface area contributed by atoms with E-state index >= 15 is 0 Å². The van der Waals surface area contributed by atoms with Crippen molar-refractivity contribution in [2.24, 2.45) is 5.92 Å². The zero-order chi connectivity index (χ0) is 13.5. The molecule has 3 nitrogen and oxygen atoms in total. The first kappa shape index (κ1) is 14.8. The molecular formula is C15H22ClNO2. The summed E-state index contributed by atoms with van der Waals surface area (Å²) in [4.78, 5) is 0. The zero-order valence-electron chi connectivity index (χ0n) is 11.1. The van der Waals surface area contributed by atoms with Gasteiger partial charge < -0.3 is 15.2 Å². The Kier molecular flexibility index (Phi) is 6.11. The fourth-order valence-corrected chi connectivity index (χ4v) is 2.58. The van der Waals surface area contributed by atoms with Gasteiger partial charge >= 0.3 is 0 Å². The molecule has 2 N–H and O–H groups in total. The standard InChI is InChI=1S/C15H22ClNO2/c16-14-6-4-13(5-7-14)15(12-2-1-3-12)17-8-10-19-11-9-18/h4-7,12,15,17-18H,1-3,8-11H2. The number of rotatable bonds is 8. The summed E-state index contributed by atoms with van der Waals surface area (Å²) in [6.45, 7) is 1.95. The Morgan fingerprint density at radius 1 is 1.26 bits per heavy atom. The second-order valence-corrected chi connectivity index (χ2v) is 5.45. The largest absolute Gasteiger partial charge is 0.394 e. The average Bonchev–Trinajstić information content (AvgIpc) is 2.36. The van der Waals surface area contributed by atoms with Gasteiger partial charge in [-0.05, 0) is 36.5 Å². The Morgan fingerprint density at radius 3 is 2.58 bits per heavy atom. The lowest BCUT2D eigenvalue weighted by Crippen LogP contribution is -2.34. The van der Waals surface area contributed by atoms with Crippen LogP contribution in [0.4, 0.5) is 0 Å². The van der Waals surface area contributed by atoms with Crippen LogP contribution in [-0.2, 0) is 4.74 Å². The Balaban J connectivity index is 1.86. The quantitative estimate of drug-likeness (QED) is 0.721. The lowest BCUT2D eigenvalue weighted by atomic mass is 9.77. The van der Waals surface area contributed by atoms with Gasteiger partial charge in [0.1, 0.15) is 0 Å². The number of halogens is 1. The molecule has 0 aromatic heterocycles. The molecule has 1 aromatic carbocycles. The van der Waals surface area contributed by atoms with Crippen LogP contribution in [0, 0.1) is 5.92 Å². The molecule has 1 aliphatic rings. The predicted molar refractivity (Wildman–Crippen MR) is 77.4 cm³/mol. The van der Waals surface area contributed by atoms with Crippen LogP contribution in [0.15, 0.2) is 24.3 Å². The SMILES string of the molecule is OCCOCCNC(c1ccc(Cl)cc1)C1CCC1. The maximum atomic E-state index is 8.66. The van der Waals surface area contributed by atoms with E-state index in [1.54, 1.807) is 0 Å². The van der Waals surface area contributed by atoms with E-state index in [2.05, 4.69) is 17.4 Å². The first-order valence-corrected chi connectivity index (χ1v) is 7.36. The lowest BCUT2D eigenvalue weighted by molar-refractivity contribution is 0.0894. The van der Waals surface area contributed by atoms with E-state index in [1.165, 1.54) is 24.8 Å². The van der Waals surface area contributed by atoms with E-state index in [-0.39, 0.29) is 6.61 Å². The first-order chi connectivity index (χ1) is 9.31. The molecule has 0 spiro atoms. The summed E-state index contributed by atoms with van der Waals surface area (Å²) < 4.78 is 5.29. The van der Waals surface area contributed by atoms with Crippen LogP contribution in [0.3, 0.4) is 0 Å². The van der Waals surface area contributed by atoms with Crippen LogP contribution in [0.1, 0.15) is 30.9 Å². The molecule has 1 atom stereocenters. The van der Waals surface area contributed by atoms with Crippen LogP contribution in [0.2, 0.25) is 5.02 Å². The Morgan fingerprint density at radius 2 is 2.00 bits per heavy atom. The molecule has 0 radical (unpaired) electrons. The number of aliphatic hydroxyl groups is 1. The molecule has 1 aromatic rings. The van der Waals surface area contributed by atoms with Crippen molar-refractivity contribution < 1.29 is 9.84 Å². The van der Waals surface area contributed by atoms with Crippen LogP contribution < -0.4 is 5.32 Å². The fourth-order valence-electron chi connectivity index (χ4n) is 2.45. The Labute approximate surface area is 119 Å². The van der Waals surface area contributed by atoms with Crippen molar-refractivity contribution in [2.75, 3.05) is 26.4 Å². The van der Waals surface area contributed by atoms with E-state index in [4.69, 9.17) is 21.4 Å². The topological polar surface area (TPSA) is 41.5 Å². The molecule has 0 saturated heterocycles. The molecule has 1 unspecified atom stereocenters. The molecular weight excluding hydrogens is 262 g/mol. The summed E-state index contributed by atoms with van der Waals surface area (Å²) in [6.07, 6.45) is 3.91. The van der Waals surface area contributed by atoms with Gasteiger partial charge in [0.15, 0.2) is 0 Å². The van der Waals surface area contributed by atoms with E-state index in [1.807, 2.05) is 12.1 Å². The third-order valence-electron chi connectivity index (χ3n) is 3.70. The summed E-state index contributed by atoms with van der Waals surface area (Å²) >= 11 is 5.94. The second-order valence-electron chi connectivity index (χ2n) is 5.01. The summed E-state index contributed by atoms with van der Waals surface area (Å²) in [5.41, 5.74) is 1.30. The van der Waals surface area contributed by atoms with Gasteiger partial charge in [-0.15, -0.1) is 0 Å². The number of benzene rings is 1. The molecule has 106 valence electrons. The van der Waals surface area contributed by atoms with Crippen molar-refractivity contribution in [1.82, 2.24) is 5.32 Å². The van der Waals surface area contributed by atoms with Crippen LogP contribution in [0.25, 0.3) is 0 Å². The van der Waals surface area contributed by atoms with Gasteiger partial charge in [0.05, 0.1) is 19.8 Å². The number of ether oxygens (including phenoxy) is 1. The molecule has 19 heavy (non-hydrogen) atoms. The van der Waals surface area contributed by atoms with Gasteiger partial charge in [0, 0.05) is 17.6 Å². The molecule has 4 heteroatoms. The number of nitrogens with one attached hydrogen (secondary N) is 1. The molecule has 1 fully saturated rings. The minimum Gasteiger partial charge on any atom is -0.394 e. The van der Waals surface area contributed by atoms with E-state index < -0.39 is 0 Å². The van der Waals surface area contributed by atoms with Gasteiger partial charge in [0.25, 0.3) is 0 Å². The smallest absolute Gasteiger partial charge is 0.0698 e. The van der Waals surface area contributed by atoms with Gasteiger partial charge in [0.2, 0.25) is 0 Å². The van der Waals surface area contributed by atoms with Gasteiger partial charge in [-0.2, -0.15) is 0 Å². The highest BCUT2D eigenvalue weighted by molar-refractivity contribution is 6.30. The van der Waals surface area contributed by atoms with Crippen LogP contribution >= 0.6 is 11.6 Å². The van der Waals surface area contributed by atoms with E-state index in [9.17, 15) is 0 Å². The van der Waals surface area contributed by atoms with Gasteiger partial charge in [-0.25, -0.2) is 0 Å². The summed E-state index contributed by atoms with van der Waals surface area (Å²) in [6, 6.07) is 8.50. The molecule has 0 bridgehead atoms. The fraction of sp³-hybridized carbons (Fsp3) is 0.600. The average molecular weight is 284 g/mol. The molecule has 2 rings (SSSR count). The number of aliphatic hydroxyl groups excluding tert-OH is 1. The summed E-state index contributed by atoms with van der Waals surface area (Å²) in [7, 11) is 0. The maximum Gasteiger partial charge on any atom is 0.0698 e. The number of hydrogen-bond acceptors (Lipinski definition) is 3. The summed E-state index contributed by atoms with van der Waals surface area (Å²) in [5, 5.41) is 13.0. The highest BCUT2D eigenvalue weighted by Crippen LogP contribution is 2.37. The monoisotopic (exact) mass is 283 g/mol. The Hall–Kier alpha value is -0.610. The highest BCUT2D eigenvalue weighted by atomic mass is 35.5. The van der Waals surface area contributed by atoms with Crippen LogP contribution in [-0.4, -0.2) is 31.5 Å². The zero-order valence-corrected chi connectivity index (χ0v) is 11.9. The minimum absolute atomic E-state index is 0.0865. The molecule has 1 saturated carbocycles. The highest BCUT2D eigenvalue weighted by Gasteiger charge is 2.27. The van der Waals surface area contributed by atoms with Crippen molar-refractivity contribution >= 4 is 11.6 Å². The third kappa shape index (κ3) is 4.46. The normalized spacial score (nSPS) is 17.2. The molecule has 0 heterocycles. The first-order valence-electron chi connectivity index (χ1n) is 6.98. The van der Waals surface area contributed by atoms with Crippen molar-refractivity contribution in [3.05, 3.63) is 34.9 Å². The van der Waals surface area contributed by atoms with Gasteiger partial charge in [-0.1, -0.05) is 30.2 Å². The van der Waals surface area contributed by atoms with Crippen LogP contribution in [0.5, 0.6) is 0 Å². The number of hydrogen-bond donors (Lipinski definition) is 2. The summed E-state index contributed by atoms with van der Waals surface area (Å²) in [5.74, 6) is 0.721. The Bertz CT molecular complexity index is 365. The van der Waals surface area contributed by atoms with Crippen molar-refractivity contribution in [2.45, 2.75) is 25.3 Å². The van der Waals surface area contributed by atoms with E-state index in [0.29, 0.717) is 19.3 Å². The molecule has 0 amide bonds. The second kappa shape index (κ2) is 7.85. The van der Waals surface area contributed by atoms with Crippen molar-refractivity contribution in [3.63, 3.8) is 0 Å². The predicted octanol–water partition coefficient (Wildman–Crippen LogP) is 2.78. The van der Waals surface area contributed by atoms with Crippen molar-refractivity contribution in [3.8, 4) is 0 Å². The third-order valence-corrected chi connectivity index (χ3v) is 3.95. The molecule has 0 aliphatic heterocycles. The van der Waals surface area contributed by atoms with Gasteiger partial charge in [-0.3, -0.25) is 0 Å². The van der Waals surface area contributed by atoms with E-state index in [0.717, 1.165) is 17.5 Å². The molecule has 1 aliphatic carbocycles. The minimum atomic E-state index is 0.0865. The maximum absolute atomic E-state index is 8.66.